The lowest BCUT2D eigenvalue weighted by atomic mass is 9.87. The van der Waals surface area contributed by atoms with E-state index < -0.39 is 0 Å². The summed E-state index contributed by atoms with van der Waals surface area (Å²) >= 11 is 0. The van der Waals surface area contributed by atoms with E-state index in [0.717, 1.165) is 74.6 Å². The van der Waals surface area contributed by atoms with E-state index in [1.165, 1.54) is 36.8 Å². The van der Waals surface area contributed by atoms with Crippen molar-refractivity contribution in [3.63, 3.8) is 0 Å². The minimum absolute atomic E-state index is 0.0916. The van der Waals surface area contributed by atoms with Crippen LogP contribution in [0.1, 0.15) is 84.3 Å². The second-order valence-corrected chi connectivity index (χ2v) is 12.6. The number of aryl methyl sites for hydroxylation is 2. The fourth-order valence-corrected chi connectivity index (χ4v) is 7.30. The fraction of sp³-hybridized carbons (Fsp3) is 0.514. The number of benzene rings is 2. The van der Waals surface area contributed by atoms with Crippen LogP contribution in [0.4, 0.5) is 0 Å². The molecule has 0 unspecified atom stereocenters. The van der Waals surface area contributed by atoms with E-state index in [1.54, 1.807) is 0 Å². The summed E-state index contributed by atoms with van der Waals surface area (Å²) in [4.78, 5) is 31.4. The summed E-state index contributed by atoms with van der Waals surface area (Å²) in [6, 6.07) is 15.5. The Bertz CT molecular complexity index is 1360. The number of hydrogen-bond donors (Lipinski definition) is 0. The number of rotatable bonds is 7. The van der Waals surface area contributed by atoms with Gasteiger partial charge >= 0.3 is 0 Å². The number of piperidine rings is 2. The number of aromatic nitrogens is 2. The first-order valence-corrected chi connectivity index (χ1v) is 15.7. The third-order valence-electron chi connectivity index (χ3n) is 9.99. The van der Waals surface area contributed by atoms with E-state index in [0.29, 0.717) is 23.7 Å². The summed E-state index contributed by atoms with van der Waals surface area (Å²) in [6.45, 7) is 5.70. The zero-order valence-electron chi connectivity index (χ0n) is 24.7. The van der Waals surface area contributed by atoms with Gasteiger partial charge in [0.05, 0.1) is 6.20 Å². The van der Waals surface area contributed by atoms with Crippen LogP contribution in [0.15, 0.2) is 54.9 Å². The number of carbonyl (C=O) groups is 2. The first-order chi connectivity index (χ1) is 19.9. The first-order valence-electron chi connectivity index (χ1n) is 15.7. The Morgan fingerprint density at radius 2 is 1.56 bits per heavy atom. The lowest BCUT2D eigenvalue weighted by molar-refractivity contribution is -0.123. The summed E-state index contributed by atoms with van der Waals surface area (Å²) in [6.07, 6.45) is 13.6. The van der Waals surface area contributed by atoms with Gasteiger partial charge in [-0.15, -0.1) is 0 Å². The van der Waals surface area contributed by atoms with Crippen molar-refractivity contribution >= 4 is 11.7 Å². The highest BCUT2D eigenvalue weighted by Gasteiger charge is 2.30. The highest BCUT2D eigenvalue weighted by atomic mass is 16.2. The molecule has 3 aliphatic rings. The van der Waals surface area contributed by atoms with Crippen molar-refractivity contribution in [2.24, 2.45) is 13.0 Å². The maximum absolute atomic E-state index is 13.5. The molecular weight excluding hydrogens is 508 g/mol. The number of nitrogens with zero attached hydrogens (tertiary/aromatic N) is 4. The van der Waals surface area contributed by atoms with Gasteiger partial charge in [-0.05, 0) is 98.8 Å². The third kappa shape index (κ3) is 6.33. The van der Waals surface area contributed by atoms with Crippen molar-refractivity contribution < 1.29 is 9.59 Å². The molecule has 1 saturated carbocycles. The van der Waals surface area contributed by atoms with Gasteiger partial charge in [0.25, 0.3) is 5.91 Å². The molecule has 1 aromatic heterocycles. The highest BCUT2D eigenvalue weighted by molar-refractivity contribution is 5.95. The Hall–Kier alpha value is -3.25. The molecule has 2 aromatic carbocycles. The van der Waals surface area contributed by atoms with Crippen LogP contribution in [0.25, 0.3) is 11.1 Å². The van der Waals surface area contributed by atoms with E-state index in [9.17, 15) is 9.59 Å². The van der Waals surface area contributed by atoms with Crippen molar-refractivity contribution in [3.05, 3.63) is 77.1 Å². The molecule has 2 aliphatic heterocycles. The van der Waals surface area contributed by atoms with Crippen molar-refractivity contribution in [1.29, 1.82) is 0 Å². The molecule has 0 bridgehead atoms. The molecule has 0 radical (unpaired) electrons. The fourth-order valence-electron chi connectivity index (χ4n) is 7.30. The van der Waals surface area contributed by atoms with Gasteiger partial charge in [0, 0.05) is 55.8 Å². The summed E-state index contributed by atoms with van der Waals surface area (Å²) in [5, 5.41) is 4.28. The third-order valence-corrected chi connectivity index (χ3v) is 9.99. The van der Waals surface area contributed by atoms with Crippen molar-refractivity contribution in [3.8, 4) is 11.1 Å². The molecule has 1 amide bonds. The Balaban J connectivity index is 1.02. The van der Waals surface area contributed by atoms with Crippen LogP contribution in [0, 0.1) is 12.8 Å². The van der Waals surface area contributed by atoms with E-state index >= 15 is 0 Å². The predicted molar refractivity (Wildman–Crippen MR) is 163 cm³/mol. The van der Waals surface area contributed by atoms with Gasteiger partial charge in [-0.25, -0.2) is 0 Å². The van der Waals surface area contributed by atoms with Gasteiger partial charge < -0.3 is 9.80 Å². The average molecular weight is 553 g/mol. The molecule has 216 valence electrons. The molecule has 41 heavy (non-hydrogen) atoms. The van der Waals surface area contributed by atoms with Crippen LogP contribution in [0.3, 0.4) is 0 Å². The Labute approximate surface area is 244 Å². The normalized spacial score (nSPS) is 19.6. The van der Waals surface area contributed by atoms with E-state index in [2.05, 4.69) is 41.2 Å². The van der Waals surface area contributed by atoms with Gasteiger partial charge in [0.2, 0.25) is 0 Å². The number of ketones is 1. The molecule has 1 aliphatic carbocycles. The Morgan fingerprint density at radius 3 is 2.22 bits per heavy atom. The minimum atomic E-state index is 0.0916. The number of amides is 1. The van der Waals surface area contributed by atoms with Crippen LogP contribution in [0.5, 0.6) is 0 Å². The van der Waals surface area contributed by atoms with Crippen molar-refractivity contribution in [2.45, 2.75) is 76.7 Å². The summed E-state index contributed by atoms with van der Waals surface area (Å²) in [5.41, 5.74) is 6.49. The molecule has 6 rings (SSSR count). The number of hydrogen-bond acceptors (Lipinski definition) is 4. The molecule has 0 spiro atoms. The van der Waals surface area contributed by atoms with Gasteiger partial charge in [-0.2, -0.15) is 5.10 Å². The van der Waals surface area contributed by atoms with Gasteiger partial charge in [-0.1, -0.05) is 43.2 Å². The smallest absolute Gasteiger partial charge is 0.253 e. The quantitative estimate of drug-likeness (QED) is 0.351. The second kappa shape index (κ2) is 12.3. The summed E-state index contributed by atoms with van der Waals surface area (Å²) < 4.78 is 1.82. The molecule has 0 N–H and O–H groups in total. The Kier molecular flexibility index (Phi) is 8.38. The largest absolute Gasteiger partial charge is 0.339 e. The number of Topliss-reactive ketones (excluding diaryl/α,β-unsaturated/α-hetero) is 1. The van der Waals surface area contributed by atoms with Crippen LogP contribution in [-0.2, 0) is 18.3 Å². The van der Waals surface area contributed by atoms with Crippen LogP contribution in [-0.4, -0.2) is 63.5 Å². The molecule has 0 atom stereocenters. The standard InChI is InChI=1S/C35H44N4O2/c1-25-7-8-30(21-31(25)22-34(40)29-15-17-38(18-16-29)33-5-3-4-6-33)35(41)39-19-13-28(14-20-39)26-9-11-27(12-10-26)32-23-36-37(2)24-32/h7-12,21,23-24,28-29,33H,3-6,13-20,22H2,1-2H3. The molecule has 3 aromatic rings. The van der Waals surface area contributed by atoms with E-state index in [1.807, 2.05) is 47.2 Å². The average Bonchev–Trinajstić information content (AvgIpc) is 3.71. The Morgan fingerprint density at radius 1 is 0.854 bits per heavy atom. The van der Waals surface area contributed by atoms with Crippen LogP contribution in [0.2, 0.25) is 0 Å². The van der Waals surface area contributed by atoms with Gasteiger partial charge in [-0.3, -0.25) is 14.3 Å². The molecule has 6 nitrogen and oxygen atoms in total. The zero-order valence-corrected chi connectivity index (χ0v) is 24.7. The molecule has 3 fully saturated rings. The molecule has 3 heterocycles. The molecular formula is C35H44N4O2. The first kappa shape index (κ1) is 27.9. The summed E-state index contributed by atoms with van der Waals surface area (Å²) in [5.74, 6) is 1.06. The minimum Gasteiger partial charge on any atom is -0.339 e. The van der Waals surface area contributed by atoms with E-state index in [-0.39, 0.29) is 11.8 Å². The van der Waals surface area contributed by atoms with E-state index in [4.69, 9.17) is 0 Å². The van der Waals surface area contributed by atoms with Gasteiger partial charge in [0.1, 0.15) is 5.78 Å². The van der Waals surface area contributed by atoms with Gasteiger partial charge in [0.15, 0.2) is 0 Å². The SMILES string of the molecule is Cc1ccc(C(=O)N2CCC(c3ccc(-c4cnn(C)c4)cc3)CC2)cc1CC(=O)C1CCN(C2CCCC2)CC1. The molecule has 2 saturated heterocycles. The molecule has 6 heteroatoms. The number of likely N-dealkylation sites (tertiary alicyclic amines) is 2. The van der Waals surface area contributed by atoms with Crippen LogP contribution >= 0.6 is 0 Å². The monoisotopic (exact) mass is 552 g/mol. The maximum Gasteiger partial charge on any atom is 0.253 e. The lowest BCUT2D eigenvalue weighted by Crippen LogP contribution is -2.41. The predicted octanol–water partition coefficient (Wildman–Crippen LogP) is 6.18. The number of carbonyl (C=O) groups excluding carboxylic acids is 2. The summed E-state index contributed by atoms with van der Waals surface area (Å²) in [7, 11) is 1.94. The van der Waals surface area contributed by atoms with Crippen molar-refractivity contribution in [1.82, 2.24) is 19.6 Å². The highest BCUT2D eigenvalue weighted by Crippen LogP contribution is 2.32. The van der Waals surface area contributed by atoms with Crippen molar-refractivity contribution in [2.75, 3.05) is 26.2 Å². The maximum atomic E-state index is 13.5. The topological polar surface area (TPSA) is 58.4 Å². The van der Waals surface area contributed by atoms with Crippen LogP contribution < -0.4 is 0 Å². The zero-order chi connectivity index (χ0) is 28.3. The lowest BCUT2D eigenvalue weighted by Gasteiger charge is -2.35. The second-order valence-electron chi connectivity index (χ2n) is 12.6.